The number of ether oxygens (including phenoxy) is 2. The molecule has 0 aliphatic heterocycles. The highest BCUT2D eigenvalue weighted by atomic mass is 16.5. The first-order valence-electron chi connectivity index (χ1n) is 4.84. The number of rotatable bonds is 10. The molecule has 0 aliphatic carbocycles. The average molecular weight is 221 g/mol. The highest BCUT2D eigenvalue weighted by Gasteiger charge is 2.07. The van der Waals surface area contributed by atoms with E-state index < -0.39 is 12.1 Å². The predicted molar refractivity (Wildman–Crippen MR) is 53.8 cm³/mol. The molecular formula is C9H19NO5. The van der Waals surface area contributed by atoms with Crippen LogP contribution in [0.4, 0.5) is 0 Å². The Morgan fingerprint density at radius 3 is 2.73 bits per heavy atom. The maximum atomic E-state index is 10.2. The molecule has 0 fully saturated rings. The van der Waals surface area contributed by atoms with Gasteiger partial charge in [0.2, 0.25) is 0 Å². The maximum absolute atomic E-state index is 10.2. The Labute approximate surface area is 89.2 Å². The molecule has 0 spiro atoms. The first kappa shape index (κ1) is 14.3. The van der Waals surface area contributed by atoms with Crippen LogP contribution in [0.5, 0.6) is 0 Å². The molecule has 1 unspecified atom stereocenters. The highest BCUT2D eigenvalue weighted by molar-refractivity contribution is 5.67. The van der Waals surface area contributed by atoms with Crippen LogP contribution in [0.1, 0.15) is 6.42 Å². The van der Waals surface area contributed by atoms with E-state index in [1.807, 2.05) is 0 Å². The molecule has 0 aliphatic rings. The second-order valence-electron chi connectivity index (χ2n) is 3.06. The van der Waals surface area contributed by atoms with Crippen molar-refractivity contribution in [1.82, 2.24) is 5.32 Å². The predicted octanol–water partition coefficient (Wildman–Crippen LogP) is -0.925. The minimum atomic E-state index is -0.999. The molecule has 90 valence electrons. The molecule has 1 atom stereocenters. The van der Waals surface area contributed by atoms with Gasteiger partial charge in [-0.05, 0) is 0 Å². The number of aliphatic carboxylic acids is 1. The van der Waals surface area contributed by atoms with E-state index in [0.717, 1.165) is 0 Å². The van der Waals surface area contributed by atoms with Crippen LogP contribution in [0.15, 0.2) is 0 Å². The Bertz CT molecular complexity index is 165. The zero-order valence-electron chi connectivity index (χ0n) is 8.94. The lowest BCUT2D eigenvalue weighted by molar-refractivity contribution is -0.139. The van der Waals surface area contributed by atoms with Gasteiger partial charge in [0.25, 0.3) is 0 Å². The molecule has 0 saturated heterocycles. The Morgan fingerprint density at radius 2 is 2.13 bits per heavy atom. The standard InChI is InChI=1S/C9H19NO5/c1-14-4-5-15-3-2-10-7-8(11)6-9(12)13/h8,10-11H,2-7H2,1H3,(H,12,13). The summed E-state index contributed by atoms with van der Waals surface area (Å²) in [5.74, 6) is -0.999. The van der Waals surface area contributed by atoms with Crippen molar-refractivity contribution in [3.63, 3.8) is 0 Å². The molecule has 0 rings (SSSR count). The van der Waals surface area contributed by atoms with Crippen molar-refractivity contribution in [3.8, 4) is 0 Å². The molecule has 0 aromatic heterocycles. The average Bonchev–Trinajstić information content (AvgIpc) is 2.15. The number of nitrogens with one attached hydrogen (secondary N) is 1. The van der Waals surface area contributed by atoms with Crippen LogP contribution in [-0.4, -0.2) is 62.3 Å². The molecule has 0 aromatic carbocycles. The van der Waals surface area contributed by atoms with Crippen LogP contribution < -0.4 is 5.32 Å². The van der Waals surface area contributed by atoms with Crippen LogP contribution in [0.3, 0.4) is 0 Å². The second kappa shape index (κ2) is 9.85. The zero-order valence-corrected chi connectivity index (χ0v) is 8.94. The number of hydrogen-bond acceptors (Lipinski definition) is 5. The largest absolute Gasteiger partial charge is 0.481 e. The van der Waals surface area contributed by atoms with Gasteiger partial charge in [-0.1, -0.05) is 0 Å². The third kappa shape index (κ3) is 11.2. The molecule has 0 bridgehead atoms. The summed E-state index contributed by atoms with van der Waals surface area (Å²) in [6.07, 6.45) is -1.08. The number of aliphatic hydroxyl groups excluding tert-OH is 1. The third-order valence-corrected chi connectivity index (χ3v) is 1.65. The fourth-order valence-corrected chi connectivity index (χ4v) is 0.931. The summed E-state index contributed by atoms with van der Waals surface area (Å²) in [5, 5.41) is 20.4. The number of carboxylic acids is 1. The van der Waals surface area contributed by atoms with Gasteiger partial charge < -0.3 is 25.0 Å². The van der Waals surface area contributed by atoms with Crippen molar-refractivity contribution in [1.29, 1.82) is 0 Å². The van der Waals surface area contributed by atoms with Gasteiger partial charge in [-0.25, -0.2) is 0 Å². The molecule has 0 radical (unpaired) electrons. The van der Waals surface area contributed by atoms with E-state index in [1.54, 1.807) is 7.11 Å². The van der Waals surface area contributed by atoms with E-state index >= 15 is 0 Å². The van der Waals surface area contributed by atoms with Gasteiger partial charge in [-0.15, -0.1) is 0 Å². The number of carboxylic acid groups (broad SMARTS) is 1. The first-order chi connectivity index (χ1) is 7.16. The smallest absolute Gasteiger partial charge is 0.306 e. The summed E-state index contributed by atoms with van der Waals surface area (Å²) >= 11 is 0. The maximum Gasteiger partial charge on any atom is 0.306 e. The lowest BCUT2D eigenvalue weighted by Crippen LogP contribution is -2.31. The van der Waals surface area contributed by atoms with E-state index in [1.165, 1.54) is 0 Å². The fourth-order valence-electron chi connectivity index (χ4n) is 0.931. The molecule has 3 N–H and O–H groups in total. The SMILES string of the molecule is COCCOCCNCC(O)CC(=O)O. The van der Waals surface area contributed by atoms with Crippen molar-refractivity contribution >= 4 is 5.97 Å². The van der Waals surface area contributed by atoms with Crippen molar-refractivity contribution < 1.29 is 24.5 Å². The zero-order chi connectivity index (χ0) is 11.5. The van der Waals surface area contributed by atoms with E-state index in [-0.39, 0.29) is 13.0 Å². The normalized spacial score (nSPS) is 12.7. The Hall–Kier alpha value is -0.690. The van der Waals surface area contributed by atoms with E-state index in [2.05, 4.69) is 5.32 Å². The second-order valence-corrected chi connectivity index (χ2v) is 3.06. The fraction of sp³-hybridized carbons (Fsp3) is 0.889. The van der Waals surface area contributed by atoms with Crippen molar-refractivity contribution in [3.05, 3.63) is 0 Å². The number of hydrogen-bond donors (Lipinski definition) is 3. The molecule has 0 amide bonds. The third-order valence-electron chi connectivity index (χ3n) is 1.65. The lowest BCUT2D eigenvalue weighted by atomic mass is 10.2. The van der Waals surface area contributed by atoms with E-state index in [0.29, 0.717) is 26.4 Å². The molecule has 6 nitrogen and oxygen atoms in total. The van der Waals surface area contributed by atoms with Gasteiger partial charge in [0.15, 0.2) is 0 Å². The summed E-state index contributed by atoms with van der Waals surface area (Å²) in [6, 6.07) is 0. The summed E-state index contributed by atoms with van der Waals surface area (Å²) < 4.78 is 9.93. The van der Waals surface area contributed by atoms with Gasteiger partial charge in [-0.2, -0.15) is 0 Å². The van der Waals surface area contributed by atoms with Gasteiger partial charge in [-0.3, -0.25) is 4.79 Å². The van der Waals surface area contributed by atoms with Crippen LogP contribution in [-0.2, 0) is 14.3 Å². The minimum absolute atomic E-state index is 0.239. The monoisotopic (exact) mass is 221 g/mol. The lowest BCUT2D eigenvalue weighted by Gasteiger charge is -2.09. The Morgan fingerprint density at radius 1 is 1.40 bits per heavy atom. The summed E-state index contributed by atoms with van der Waals surface area (Å²) in [7, 11) is 1.60. The minimum Gasteiger partial charge on any atom is -0.481 e. The molecule has 6 heteroatoms. The molecular weight excluding hydrogens is 202 g/mol. The first-order valence-corrected chi connectivity index (χ1v) is 4.84. The summed E-state index contributed by atoms with van der Waals surface area (Å²) in [5.41, 5.74) is 0. The summed E-state index contributed by atoms with van der Waals surface area (Å²) in [4.78, 5) is 10.2. The molecule has 0 saturated carbocycles. The Balaban J connectivity index is 3.13. The quantitative estimate of drug-likeness (QED) is 0.413. The van der Waals surface area contributed by atoms with Crippen molar-refractivity contribution in [2.45, 2.75) is 12.5 Å². The Kier molecular flexibility index (Phi) is 9.40. The van der Waals surface area contributed by atoms with Crippen LogP contribution in [0.2, 0.25) is 0 Å². The van der Waals surface area contributed by atoms with E-state index in [9.17, 15) is 4.79 Å². The van der Waals surface area contributed by atoms with Crippen molar-refractivity contribution in [2.24, 2.45) is 0 Å². The number of carbonyl (C=O) groups is 1. The van der Waals surface area contributed by atoms with Crippen LogP contribution in [0.25, 0.3) is 0 Å². The van der Waals surface area contributed by atoms with Crippen molar-refractivity contribution in [2.75, 3.05) is 40.0 Å². The van der Waals surface area contributed by atoms with Crippen LogP contribution in [0, 0.1) is 0 Å². The van der Waals surface area contributed by atoms with Gasteiger partial charge in [0.1, 0.15) is 0 Å². The molecule has 0 aromatic rings. The summed E-state index contributed by atoms with van der Waals surface area (Å²) in [6.45, 7) is 2.46. The van der Waals surface area contributed by atoms with Gasteiger partial charge in [0.05, 0.1) is 32.3 Å². The molecule has 0 heterocycles. The van der Waals surface area contributed by atoms with Gasteiger partial charge in [0, 0.05) is 20.2 Å². The highest BCUT2D eigenvalue weighted by Crippen LogP contribution is 1.88. The number of aliphatic hydroxyl groups is 1. The van der Waals surface area contributed by atoms with Gasteiger partial charge >= 0.3 is 5.97 Å². The van der Waals surface area contributed by atoms with E-state index in [4.69, 9.17) is 19.7 Å². The van der Waals surface area contributed by atoms with Crippen LogP contribution >= 0.6 is 0 Å². The topological polar surface area (TPSA) is 88.0 Å². The molecule has 15 heavy (non-hydrogen) atoms. The number of methoxy groups -OCH3 is 1.